The van der Waals surface area contributed by atoms with Crippen molar-refractivity contribution in [2.75, 3.05) is 101 Å². The van der Waals surface area contributed by atoms with Crippen LogP contribution in [0.1, 0.15) is 0 Å². The Morgan fingerprint density at radius 2 is 0.839 bits per heavy atom. The molecule has 0 saturated carbocycles. The van der Waals surface area contributed by atoms with Crippen LogP contribution >= 0.6 is 0 Å². The molecule has 0 amide bonds. The van der Waals surface area contributed by atoms with Crippen LogP contribution in [0.5, 0.6) is 0 Å². The van der Waals surface area contributed by atoms with E-state index in [1.54, 1.807) is 0 Å². The highest BCUT2D eigenvalue weighted by molar-refractivity contribution is 5.71. The number of ether oxygens (including phenoxy) is 9. The Hall–Kier alpha value is -1.87. The smallest absolute Gasteiger partial charge is 0.334 e. The second-order valence-corrected chi connectivity index (χ2v) is 5.77. The largest absolute Gasteiger partial charge is 0.437 e. The molecule has 182 valence electrons. The first-order chi connectivity index (χ1) is 15.0. The van der Waals surface area contributed by atoms with Crippen molar-refractivity contribution >= 4 is 17.9 Å². The summed E-state index contributed by atoms with van der Waals surface area (Å²) < 4.78 is 43.8. The summed E-state index contributed by atoms with van der Waals surface area (Å²) in [7, 11) is 4.22. The van der Waals surface area contributed by atoms with Gasteiger partial charge < -0.3 is 42.6 Å². The molecule has 13 heteroatoms. The summed E-state index contributed by atoms with van der Waals surface area (Å²) in [6.07, 6.45) is 0. The predicted octanol–water partition coefficient (Wildman–Crippen LogP) is -1.22. The van der Waals surface area contributed by atoms with E-state index in [9.17, 15) is 14.4 Å². The molecule has 0 spiro atoms. The maximum Gasteiger partial charge on any atom is 0.334 e. The molecule has 31 heavy (non-hydrogen) atoms. The van der Waals surface area contributed by atoms with Crippen LogP contribution in [-0.4, -0.2) is 124 Å². The minimum absolute atomic E-state index is 0.136. The second kappa shape index (κ2) is 21.4. The van der Waals surface area contributed by atoms with Crippen molar-refractivity contribution in [3.63, 3.8) is 0 Å². The molecule has 0 radical (unpaired) electrons. The third kappa shape index (κ3) is 19.8. The van der Waals surface area contributed by atoms with Crippen molar-refractivity contribution in [3.05, 3.63) is 0 Å². The van der Waals surface area contributed by atoms with Gasteiger partial charge in [0.2, 0.25) is 0 Å². The highest BCUT2D eigenvalue weighted by Crippen LogP contribution is 1.93. The molecule has 0 aromatic rings. The Kier molecular flexibility index (Phi) is 20.1. The van der Waals surface area contributed by atoms with Gasteiger partial charge in [-0.3, -0.25) is 4.90 Å². The van der Waals surface area contributed by atoms with Gasteiger partial charge in [0.25, 0.3) is 0 Å². The van der Waals surface area contributed by atoms with Crippen LogP contribution < -0.4 is 0 Å². The summed E-state index contributed by atoms with van der Waals surface area (Å²) in [4.78, 5) is 36.0. The molecule has 0 aliphatic heterocycles. The van der Waals surface area contributed by atoms with Crippen LogP contribution in [0.4, 0.5) is 0 Å². The lowest BCUT2D eigenvalue weighted by atomic mass is 10.4. The zero-order valence-electron chi connectivity index (χ0n) is 18.3. The summed E-state index contributed by atoms with van der Waals surface area (Å²) in [6.45, 7) is 1.05. The van der Waals surface area contributed by atoms with E-state index in [2.05, 4.69) is 14.2 Å². The Bertz CT molecular complexity index is 410. The average Bonchev–Trinajstić information content (AvgIpc) is 2.77. The molecule has 0 aromatic heterocycles. The standard InChI is InChI=1S/C18H33NO12/c1-23-13-29-16(20)10-26-7-4-19(5-8-27-11-17(21)30-14-24-2)6-9-28-12-18(22)31-15-25-3/h4-15H2,1-3H3. The monoisotopic (exact) mass is 455 g/mol. The molecule has 0 rings (SSSR count). The number of hydrogen-bond acceptors (Lipinski definition) is 13. The highest BCUT2D eigenvalue weighted by Gasteiger charge is 2.10. The Morgan fingerprint density at radius 3 is 1.10 bits per heavy atom. The Labute approximate surface area is 181 Å². The minimum atomic E-state index is -0.538. The topological polar surface area (TPSA) is 138 Å². The number of nitrogens with zero attached hydrogens (tertiary/aromatic N) is 1. The maximum absolute atomic E-state index is 11.4. The normalized spacial score (nSPS) is 10.8. The van der Waals surface area contributed by atoms with Crippen LogP contribution in [0.3, 0.4) is 0 Å². The Balaban J connectivity index is 4.17. The number of esters is 3. The van der Waals surface area contributed by atoms with Gasteiger partial charge in [-0.2, -0.15) is 0 Å². The molecule has 13 nitrogen and oxygen atoms in total. The van der Waals surface area contributed by atoms with Gasteiger partial charge in [0.05, 0.1) is 19.8 Å². The van der Waals surface area contributed by atoms with E-state index >= 15 is 0 Å². The van der Waals surface area contributed by atoms with Crippen LogP contribution in [0, 0.1) is 0 Å². The third-order valence-electron chi connectivity index (χ3n) is 3.33. The summed E-state index contributed by atoms with van der Waals surface area (Å²) in [5, 5.41) is 0. The van der Waals surface area contributed by atoms with Crippen molar-refractivity contribution in [2.24, 2.45) is 0 Å². The zero-order chi connectivity index (χ0) is 23.2. The van der Waals surface area contributed by atoms with Gasteiger partial charge in [0.1, 0.15) is 19.8 Å². The van der Waals surface area contributed by atoms with E-state index < -0.39 is 17.9 Å². The van der Waals surface area contributed by atoms with Crippen molar-refractivity contribution in [1.82, 2.24) is 4.90 Å². The minimum Gasteiger partial charge on any atom is -0.437 e. The van der Waals surface area contributed by atoms with E-state index in [4.69, 9.17) is 28.4 Å². The SMILES string of the molecule is COCOC(=O)COCCN(CCOCC(=O)OCOC)CCOCC(=O)OCOC. The van der Waals surface area contributed by atoms with Gasteiger partial charge >= 0.3 is 17.9 Å². The predicted molar refractivity (Wildman–Crippen MR) is 103 cm³/mol. The van der Waals surface area contributed by atoms with Gasteiger partial charge in [0.15, 0.2) is 20.4 Å². The average molecular weight is 455 g/mol. The molecule has 0 aliphatic carbocycles. The fraction of sp³-hybridized carbons (Fsp3) is 0.833. The molecule has 0 aromatic carbocycles. The van der Waals surface area contributed by atoms with E-state index in [0.717, 1.165) is 0 Å². The van der Waals surface area contributed by atoms with Crippen molar-refractivity contribution < 1.29 is 57.0 Å². The van der Waals surface area contributed by atoms with Gasteiger partial charge in [0, 0.05) is 41.0 Å². The summed E-state index contributed by atoms with van der Waals surface area (Å²) in [5.74, 6) is -1.61. The number of rotatable bonds is 21. The molecule has 0 saturated heterocycles. The number of carbonyl (C=O) groups excluding carboxylic acids is 3. The summed E-state index contributed by atoms with van der Waals surface area (Å²) >= 11 is 0. The van der Waals surface area contributed by atoms with Gasteiger partial charge in [-0.05, 0) is 0 Å². The maximum atomic E-state index is 11.4. The number of carbonyl (C=O) groups is 3. The first-order valence-corrected chi connectivity index (χ1v) is 9.42. The van der Waals surface area contributed by atoms with E-state index in [1.165, 1.54) is 21.3 Å². The van der Waals surface area contributed by atoms with Crippen LogP contribution in [0.2, 0.25) is 0 Å². The van der Waals surface area contributed by atoms with Gasteiger partial charge in [-0.25, -0.2) is 14.4 Å². The van der Waals surface area contributed by atoms with Crippen LogP contribution in [-0.2, 0) is 57.0 Å². The second-order valence-electron chi connectivity index (χ2n) is 5.77. The summed E-state index contributed by atoms with van der Waals surface area (Å²) in [5.41, 5.74) is 0. The van der Waals surface area contributed by atoms with Crippen LogP contribution in [0.25, 0.3) is 0 Å². The summed E-state index contributed by atoms with van der Waals surface area (Å²) in [6, 6.07) is 0. The van der Waals surface area contributed by atoms with Crippen molar-refractivity contribution in [1.29, 1.82) is 0 Å². The first kappa shape index (κ1) is 29.1. The van der Waals surface area contributed by atoms with Gasteiger partial charge in [-0.15, -0.1) is 0 Å². The lowest BCUT2D eigenvalue weighted by Crippen LogP contribution is -2.35. The van der Waals surface area contributed by atoms with Crippen molar-refractivity contribution in [3.8, 4) is 0 Å². The van der Waals surface area contributed by atoms with E-state index in [1.807, 2.05) is 4.90 Å². The third-order valence-corrected chi connectivity index (χ3v) is 3.33. The molecule has 0 N–H and O–H groups in total. The molecular weight excluding hydrogens is 422 g/mol. The van der Waals surface area contributed by atoms with E-state index in [0.29, 0.717) is 19.6 Å². The lowest BCUT2D eigenvalue weighted by molar-refractivity contribution is -0.159. The highest BCUT2D eigenvalue weighted by atomic mass is 16.7. The van der Waals surface area contributed by atoms with Crippen LogP contribution in [0.15, 0.2) is 0 Å². The quantitative estimate of drug-likeness (QED) is 0.0885. The number of hydrogen-bond donors (Lipinski definition) is 0. The fourth-order valence-corrected chi connectivity index (χ4v) is 1.88. The Morgan fingerprint density at radius 1 is 0.548 bits per heavy atom. The molecule has 0 fully saturated rings. The molecular formula is C18H33NO12. The van der Waals surface area contributed by atoms with Crippen molar-refractivity contribution in [2.45, 2.75) is 0 Å². The van der Waals surface area contributed by atoms with Gasteiger partial charge in [-0.1, -0.05) is 0 Å². The molecule has 0 heterocycles. The van der Waals surface area contributed by atoms with E-state index in [-0.39, 0.29) is 60.0 Å². The molecule has 0 unspecified atom stereocenters. The number of methoxy groups -OCH3 is 3. The fourth-order valence-electron chi connectivity index (χ4n) is 1.88. The first-order valence-electron chi connectivity index (χ1n) is 9.42. The molecule has 0 bridgehead atoms. The zero-order valence-corrected chi connectivity index (χ0v) is 18.3. The lowest BCUT2D eigenvalue weighted by Gasteiger charge is -2.22. The molecule has 0 atom stereocenters. The molecule has 0 aliphatic rings.